The van der Waals surface area contributed by atoms with E-state index in [9.17, 15) is 0 Å². The van der Waals surface area contributed by atoms with Crippen molar-refractivity contribution in [1.29, 1.82) is 0 Å². The summed E-state index contributed by atoms with van der Waals surface area (Å²) in [6.07, 6.45) is 1.73. The Hall–Kier alpha value is -2.05. The minimum Gasteiger partial charge on any atom is -0.467 e. The van der Waals surface area contributed by atoms with Crippen molar-refractivity contribution in [2.75, 3.05) is 38.1 Å². The second kappa shape index (κ2) is 6.69. The molecule has 4 heterocycles. The van der Waals surface area contributed by atoms with Crippen LogP contribution in [-0.2, 0) is 6.54 Å². The van der Waals surface area contributed by atoms with Gasteiger partial charge in [-0.1, -0.05) is 0 Å². The fraction of sp³-hybridized carbons (Fsp3) is 0.421. The maximum absolute atomic E-state index is 5.51. The highest BCUT2D eigenvalue weighted by Gasteiger charge is 2.21. The summed E-state index contributed by atoms with van der Waals surface area (Å²) < 4.78 is 7.81. The zero-order chi connectivity index (χ0) is 17.4. The van der Waals surface area contributed by atoms with Gasteiger partial charge in [0.25, 0.3) is 0 Å². The molecule has 0 atom stereocenters. The number of hydrogen-bond acceptors (Lipinski definition) is 4. The van der Waals surface area contributed by atoms with Crippen LogP contribution in [0.3, 0.4) is 0 Å². The number of piperazine rings is 1. The number of hydrogen-bond donors (Lipinski definition) is 1. The Kier molecular flexibility index (Phi) is 4.39. The second-order valence-electron chi connectivity index (χ2n) is 6.91. The lowest BCUT2D eigenvalue weighted by Gasteiger charge is -2.29. The molecule has 1 N–H and O–H groups in total. The lowest BCUT2D eigenvalue weighted by molar-refractivity contribution is -0.880. The van der Waals surface area contributed by atoms with Crippen LogP contribution in [0.1, 0.15) is 17.1 Å². The highest BCUT2D eigenvalue weighted by Crippen LogP contribution is 2.31. The summed E-state index contributed by atoms with van der Waals surface area (Å²) in [7, 11) is 2.26. The van der Waals surface area contributed by atoms with Gasteiger partial charge in [-0.25, -0.2) is 4.98 Å². The number of rotatable bonds is 4. The smallest absolute Gasteiger partial charge is 0.186 e. The summed E-state index contributed by atoms with van der Waals surface area (Å²) in [5.41, 5.74) is 4.80. The highest BCUT2D eigenvalue weighted by molar-refractivity contribution is 7.14. The largest absolute Gasteiger partial charge is 0.467 e. The van der Waals surface area contributed by atoms with Gasteiger partial charge in [0.1, 0.15) is 5.76 Å². The van der Waals surface area contributed by atoms with Gasteiger partial charge in [-0.2, -0.15) is 0 Å². The number of furan rings is 1. The fourth-order valence-electron chi connectivity index (χ4n) is 3.48. The summed E-state index contributed by atoms with van der Waals surface area (Å²) in [5.74, 6) is 0.979. The van der Waals surface area contributed by atoms with E-state index < -0.39 is 0 Å². The van der Waals surface area contributed by atoms with E-state index in [1.165, 1.54) is 30.0 Å². The van der Waals surface area contributed by atoms with Crippen LogP contribution in [0, 0.1) is 13.8 Å². The maximum Gasteiger partial charge on any atom is 0.186 e. The predicted molar refractivity (Wildman–Crippen MR) is 102 cm³/mol. The fourth-order valence-corrected chi connectivity index (χ4v) is 4.35. The number of anilines is 1. The molecule has 0 aromatic carbocycles. The third kappa shape index (κ3) is 3.24. The van der Waals surface area contributed by atoms with Crippen molar-refractivity contribution < 1.29 is 9.32 Å². The van der Waals surface area contributed by atoms with Crippen LogP contribution >= 0.6 is 11.3 Å². The van der Waals surface area contributed by atoms with E-state index in [1.54, 1.807) is 22.5 Å². The standard InChI is InChI=1S/C19H24N4OS/c1-14-11-17(15(2)23(14)12-16-5-4-10-24-16)18-13-25-19(20-18)22-8-6-21(3)7-9-22/h4-5,10-11,13H,6-9,12H2,1-3H3/p+1. The SMILES string of the molecule is Cc1cc(-c2csc(N3CC[NH+](C)CC3)n2)c(C)n1Cc1ccco1. The number of nitrogens with zero attached hydrogens (tertiary/aromatic N) is 3. The lowest BCUT2D eigenvalue weighted by atomic mass is 10.2. The number of quaternary nitrogens is 1. The van der Waals surface area contributed by atoms with Crippen molar-refractivity contribution in [3.8, 4) is 11.3 Å². The van der Waals surface area contributed by atoms with Crippen molar-refractivity contribution in [3.05, 3.63) is 47.0 Å². The maximum atomic E-state index is 5.51. The predicted octanol–water partition coefficient (Wildman–Crippen LogP) is 2.20. The van der Waals surface area contributed by atoms with Crippen LogP contribution < -0.4 is 9.80 Å². The molecule has 1 fully saturated rings. The second-order valence-corrected chi connectivity index (χ2v) is 7.75. The van der Waals surface area contributed by atoms with E-state index >= 15 is 0 Å². The molecular formula is C19H25N4OS+. The van der Waals surface area contributed by atoms with Gasteiger partial charge in [0.15, 0.2) is 5.13 Å². The first-order chi connectivity index (χ1) is 12.1. The van der Waals surface area contributed by atoms with Crippen molar-refractivity contribution >= 4 is 16.5 Å². The van der Waals surface area contributed by atoms with Gasteiger partial charge in [0.2, 0.25) is 0 Å². The van der Waals surface area contributed by atoms with Crippen LogP contribution in [-0.4, -0.2) is 42.8 Å². The van der Waals surface area contributed by atoms with Gasteiger partial charge in [-0.05, 0) is 32.0 Å². The van der Waals surface area contributed by atoms with Crippen LogP contribution in [0.25, 0.3) is 11.3 Å². The minimum atomic E-state index is 0.767. The molecule has 132 valence electrons. The molecule has 6 heteroatoms. The molecular weight excluding hydrogens is 332 g/mol. The van der Waals surface area contributed by atoms with Crippen molar-refractivity contribution in [2.45, 2.75) is 20.4 Å². The third-order valence-electron chi connectivity index (χ3n) is 5.12. The van der Waals surface area contributed by atoms with E-state index in [1.807, 2.05) is 12.1 Å². The first-order valence-corrected chi connectivity index (χ1v) is 9.71. The van der Waals surface area contributed by atoms with Crippen molar-refractivity contribution in [1.82, 2.24) is 9.55 Å². The molecule has 3 aromatic rings. The van der Waals surface area contributed by atoms with Crippen molar-refractivity contribution in [3.63, 3.8) is 0 Å². The number of aryl methyl sites for hydroxylation is 1. The molecule has 0 aliphatic carbocycles. The van der Waals surface area contributed by atoms with E-state index in [-0.39, 0.29) is 0 Å². The zero-order valence-electron chi connectivity index (χ0n) is 15.1. The number of aromatic nitrogens is 2. The first-order valence-electron chi connectivity index (χ1n) is 8.83. The van der Waals surface area contributed by atoms with E-state index in [4.69, 9.17) is 9.40 Å². The molecule has 4 rings (SSSR count). The highest BCUT2D eigenvalue weighted by atomic mass is 32.1. The van der Waals surface area contributed by atoms with Gasteiger partial charge in [0.05, 0.1) is 51.7 Å². The Balaban J connectivity index is 1.58. The number of likely N-dealkylation sites (N-methyl/N-ethyl adjacent to an activating group) is 1. The van der Waals surface area contributed by atoms with Gasteiger partial charge >= 0.3 is 0 Å². The molecule has 0 unspecified atom stereocenters. The zero-order valence-corrected chi connectivity index (χ0v) is 15.9. The Morgan fingerprint density at radius 2 is 2.08 bits per heavy atom. The van der Waals surface area contributed by atoms with E-state index in [2.05, 4.69) is 41.8 Å². The van der Waals surface area contributed by atoms with Crippen LogP contribution in [0.4, 0.5) is 5.13 Å². The van der Waals surface area contributed by atoms with Gasteiger partial charge in [0, 0.05) is 22.3 Å². The molecule has 5 nitrogen and oxygen atoms in total. The molecule has 1 aliphatic heterocycles. The van der Waals surface area contributed by atoms with E-state index in [0.717, 1.165) is 36.2 Å². The summed E-state index contributed by atoms with van der Waals surface area (Å²) in [6.45, 7) is 9.65. The Bertz CT molecular complexity index is 841. The molecule has 1 saturated heterocycles. The Labute approximate surface area is 152 Å². The lowest BCUT2D eigenvalue weighted by Crippen LogP contribution is -3.12. The summed E-state index contributed by atoms with van der Waals surface area (Å²) in [5, 5.41) is 3.35. The Morgan fingerprint density at radius 3 is 2.80 bits per heavy atom. The monoisotopic (exact) mass is 357 g/mol. The topological polar surface area (TPSA) is 38.6 Å². The molecule has 25 heavy (non-hydrogen) atoms. The van der Waals surface area contributed by atoms with Crippen LogP contribution in [0.2, 0.25) is 0 Å². The number of nitrogens with one attached hydrogen (secondary N) is 1. The quantitative estimate of drug-likeness (QED) is 0.778. The summed E-state index contributed by atoms with van der Waals surface area (Å²) in [4.78, 5) is 8.97. The van der Waals surface area contributed by atoms with Crippen LogP contribution in [0.5, 0.6) is 0 Å². The summed E-state index contributed by atoms with van der Waals surface area (Å²) in [6, 6.07) is 6.20. The van der Waals surface area contributed by atoms with Gasteiger partial charge < -0.3 is 18.8 Å². The molecule has 3 aromatic heterocycles. The number of thiazole rings is 1. The first kappa shape index (κ1) is 16.4. The molecule has 0 amide bonds. The minimum absolute atomic E-state index is 0.767. The third-order valence-corrected chi connectivity index (χ3v) is 6.02. The average Bonchev–Trinajstić information content (AvgIpc) is 3.33. The summed E-state index contributed by atoms with van der Waals surface area (Å²) >= 11 is 1.76. The molecule has 0 spiro atoms. The van der Waals surface area contributed by atoms with E-state index in [0.29, 0.717) is 0 Å². The molecule has 0 bridgehead atoms. The van der Waals surface area contributed by atoms with Crippen LogP contribution in [0.15, 0.2) is 34.3 Å². The Morgan fingerprint density at radius 1 is 1.28 bits per heavy atom. The van der Waals surface area contributed by atoms with Gasteiger partial charge in [-0.3, -0.25) is 0 Å². The van der Waals surface area contributed by atoms with Gasteiger partial charge in [-0.15, -0.1) is 11.3 Å². The van der Waals surface area contributed by atoms with Crippen molar-refractivity contribution in [2.24, 2.45) is 0 Å². The molecule has 1 aliphatic rings. The molecule has 0 radical (unpaired) electrons. The normalized spacial score (nSPS) is 15.9. The molecule has 0 saturated carbocycles. The average molecular weight is 358 g/mol.